The van der Waals surface area contributed by atoms with Crippen molar-refractivity contribution in [2.45, 2.75) is 31.2 Å². The minimum Gasteiger partial charge on any atom is -0.454 e. The summed E-state index contributed by atoms with van der Waals surface area (Å²) in [4.78, 5) is 31.5. The van der Waals surface area contributed by atoms with E-state index in [1.54, 1.807) is 32.2 Å². The number of aryl methyl sites for hydroxylation is 2. The molecule has 3 heterocycles. The number of anilines is 1. The van der Waals surface area contributed by atoms with Gasteiger partial charge in [-0.2, -0.15) is 0 Å². The van der Waals surface area contributed by atoms with E-state index in [2.05, 4.69) is 31.3 Å². The van der Waals surface area contributed by atoms with Gasteiger partial charge in [-0.15, -0.1) is 11.3 Å². The van der Waals surface area contributed by atoms with Crippen molar-refractivity contribution in [1.82, 2.24) is 9.55 Å². The number of amides is 1. The minimum atomic E-state index is -0.472. The third kappa shape index (κ3) is 4.05. The predicted octanol–water partition coefficient (Wildman–Crippen LogP) is 5.13. The molecule has 4 aromatic rings. The lowest BCUT2D eigenvalue weighted by atomic mass is 10.0. The van der Waals surface area contributed by atoms with Crippen molar-refractivity contribution in [3.8, 4) is 22.6 Å². The number of thioether (sulfide) groups is 1. The molecule has 1 N–H and O–H groups in total. The summed E-state index contributed by atoms with van der Waals surface area (Å²) in [6, 6.07) is 11.5. The quantitative estimate of drug-likeness (QED) is 0.307. The van der Waals surface area contributed by atoms with Crippen molar-refractivity contribution in [1.29, 1.82) is 0 Å². The zero-order chi connectivity index (χ0) is 24.0. The lowest BCUT2D eigenvalue weighted by molar-refractivity contribution is -0.115. The van der Waals surface area contributed by atoms with E-state index in [0.717, 1.165) is 11.1 Å². The first-order valence-electron chi connectivity index (χ1n) is 10.7. The largest absolute Gasteiger partial charge is 0.454 e. The summed E-state index contributed by atoms with van der Waals surface area (Å²) in [5.74, 6) is 1.06. The Kier molecular flexibility index (Phi) is 5.83. The molecular formula is C25H23N3O4S2. The summed E-state index contributed by atoms with van der Waals surface area (Å²) in [6.07, 6.45) is 0. The van der Waals surface area contributed by atoms with Crippen LogP contribution in [0, 0.1) is 13.8 Å². The molecule has 0 saturated heterocycles. The average molecular weight is 494 g/mol. The number of thiophene rings is 1. The van der Waals surface area contributed by atoms with Crippen LogP contribution in [0.5, 0.6) is 11.5 Å². The highest BCUT2D eigenvalue weighted by Gasteiger charge is 2.22. The first kappa shape index (κ1) is 22.5. The second-order valence-corrected chi connectivity index (χ2v) is 10.4. The number of carbonyl (C=O) groups is 1. The SMILES string of the molecule is Cc1ccc(-c2csc3nc(SC(C)C(=O)Nc4ccc5c(c4)OCO5)n(C)c(=O)c23)cc1C. The van der Waals surface area contributed by atoms with Crippen LogP contribution in [0.15, 0.2) is 51.7 Å². The highest BCUT2D eigenvalue weighted by Crippen LogP contribution is 2.35. The van der Waals surface area contributed by atoms with Gasteiger partial charge in [0, 0.05) is 29.7 Å². The van der Waals surface area contributed by atoms with E-state index in [4.69, 9.17) is 14.5 Å². The van der Waals surface area contributed by atoms with Crippen molar-refractivity contribution in [2.24, 2.45) is 7.05 Å². The van der Waals surface area contributed by atoms with Gasteiger partial charge in [0.05, 0.1) is 10.6 Å². The molecule has 0 fully saturated rings. The molecule has 1 amide bonds. The van der Waals surface area contributed by atoms with Gasteiger partial charge < -0.3 is 14.8 Å². The number of carbonyl (C=O) groups excluding carboxylic acids is 1. The summed E-state index contributed by atoms with van der Waals surface area (Å²) in [6.45, 7) is 6.10. The van der Waals surface area contributed by atoms with Crippen LogP contribution in [-0.2, 0) is 11.8 Å². The van der Waals surface area contributed by atoms with Gasteiger partial charge >= 0.3 is 0 Å². The van der Waals surface area contributed by atoms with E-state index in [1.807, 2.05) is 11.4 Å². The van der Waals surface area contributed by atoms with Crippen molar-refractivity contribution in [2.75, 3.05) is 12.1 Å². The fraction of sp³-hybridized carbons (Fsp3) is 0.240. The Balaban J connectivity index is 1.39. The Morgan fingerprint density at radius 1 is 1.15 bits per heavy atom. The van der Waals surface area contributed by atoms with Crippen LogP contribution in [0.4, 0.5) is 5.69 Å². The number of nitrogens with zero attached hydrogens (tertiary/aromatic N) is 2. The minimum absolute atomic E-state index is 0.120. The Hall–Kier alpha value is -3.30. The molecule has 34 heavy (non-hydrogen) atoms. The fourth-order valence-electron chi connectivity index (χ4n) is 3.71. The normalized spacial score (nSPS) is 13.3. The van der Waals surface area contributed by atoms with Crippen LogP contribution in [-0.4, -0.2) is 27.5 Å². The highest BCUT2D eigenvalue weighted by molar-refractivity contribution is 8.00. The lowest BCUT2D eigenvalue weighted by Gasteiger charge is -2.14. The van der Waals surface area contributed by atoms with Gasteiger partial charge in [0.1, 0.15) is 4.83 Å². The molecule has 0 radical (unpaired) electrons. The smallest absolute Gasteiger partial charge is 0.263 e. The van der Waals surface area contributed by atoms with Crippen LogP contribution in [0.25, 0.3) is 21.3 Å². The average Bonchev–Trinajstić information content (AvgIpc) is 3.45. The van der Waals surface area contributed by atoms with E-state index in [0.29, 0.717) is 32.6 Å². The molecule has 1 unspecified atom stereocenters. The van der Waals surface area contributed by atoms with Gasteiger partial charge in [0.25, 0.3) is 5.56 Å². The molecule has 1 aliphatic rings. The van der Waals surface area contributed by atoms with Crippen molar-refractivity contribution in [3.05, 3.63) is 63.3 Å². The second kappa shape index (κ2) is 8.81. The molecule has 5 rings (SSSR count). The van der Waals surface area contributed by atoms with E-state index >= 15 is 0 Å². The first-order chi connectivity index (χ1) is 16.3. The zero-order valence-electron chi connectivity index (χ0n) is 19.2. The van der Waals surface area contributed by atoms with Crippen molar-refractivity contribution < 1.29 is 14.3 Å². The molecule has 0 bridgehead atoms. The molecule has 9 heteroatoms. The molecule has 0 saturated carbocycles. The number of ether oxygens (including phenoxy) is 2. The molecule has 1 aliphatic heterocycles. The van der Waals surface area contributed by atoms with E-state index in [1.165, 1.54) is 38.8 Å². The van der Waals surface area contributed by atoms with Crippen LogP contribution in [0.1, 0.15) is 18.1 Å². The highest BCUT2D eigenvalue weighted by atomic mass is 32.2. The van der Waals surface area contributed by atoms with Gasteiger partial charge in [0.15, 0.2) is 16.7 Å². The number of nitrogens with one attached hydrogen (secondary N) is 1. The third-order valence-electron chi connectivity index (χ3n) is 5.88. The first-order valence-corrected chi connectivity index (χ1v) is 12.5. The molecule has 1 atom stereocenters. The monoisotopic (exact) mass is 493 g/mol. The van der Waals surface area contributed by atoms with Crippen LogP contribution < -0.4 is 20.3 Å². The van der Waals surface area contributed by atoms with E-state index in [-0.39, 0.29) is 18.3 Å². The predicted molar refractivity (Wildman–Crippen MR) is 136 cm³/mol. The number of rotatable bonds is 5. The number of aromatic nitrogens is 2. The summed E-state index contributed by atoms with van der Waals surface area (Å²) in [5, 5.41) is 5.51. The summed E-state index contributed by atoms with van der Waals surface area (Å²) < 4.78 is 12.2. The molecule has 174 valence electrons. The van der Waals surface area contributed by atoms with Crippen molar-refractivity contribution in [3.63, 3.8) is 0 Å². The Bertz CT molecular complexity index is 1490. The maximum atomic E-state index is 13.3. The van der Waals surface area contributed by atoms with Gasteiger partial charge in [-0.05, 0) is 49.6 Å². The Morgan fingerprint density at radius 2 is 1.94 bits per heavy atom. The summed E-state index contributed by atoms with van der Waals surface area (Å²) >= 11 is 2.69. The summed E-state index contributed by atoms with van der Waals surface area (Å²) in [7, 11) is 1.70. The van der Waals surface area contributed by atoms with Gasteiger partial charge in [-0.3, -0.25) is 14.2 Å². The molecule has 2 aromatic carbocycles. The van der Waals surface area contributed by atoms with E-state index in [9.17, 15) is 9.59 Å². The maximum absolute atomic E-state index is 13.3. The Labute approximate surface area is 204 Å². The zero-order valence-corrected chi connectivity index (χ0v) is 20.8. The summed E-state index contributed by atoms with van der Waals surface area (Å²) in [5.41, 5.74) is 4.78. The van der Waals surface area contributed by atoms with Crippen molar-refractivity contribution >= 4 is 44.9 Å². The maximum Gasteiger partial charge on any atom is 0.263 e. The number of hydrogen-bond donors (Lipinski definition) is 1. The molecule has 0 spiro atoms. The third-order valence-corrected chi connectivity index (χ3v) is 7.90. The van der Waals surface area contributed by atoms with Crippen LogP contribution in [0.2, 0.25) is 0 Å². The second-order valence-electron chi connectivity index (χ2n) is 8.20. The standard InChI is InChI=1S/C25H23N3O4S2/c1-13-5-6-16(9-14(13)2)18-11-33-23-21(18)24(30)28(4)25(27-23)34-15(3)22(29)26-17-7-8-19-20(10-17)32-12-31-19/h5-11,15H,12H2,1-4H3,(H,26,29). The number of hydrogen-bond acceptors (Lipinski definition) is 7. The van der Waals surface area contributed by atoms with Crippen LogP contribution in [0.3, 0.4) is 0 Å². The number of fused-ring (bicyclic) bond motifs is 2. The molecule has 7 nitrogen and oxygen atoms in total. The number of benzene rings is 2. The molecule has 0 aliphatic carbocycles. The lowest BCUT2D eigenvalue weighted by Crippen LogP contribution is -2.25. The van der Waals surface area contributed by atoms with E-state index < -0.39 is 5.25 Å². The fourth-order valence-corrected chi connectivity index (χ4v) is 5.57. The van der Waals surface area contributed by atoms with Gasteiger partial charge in [0.2, 0.25) is 12.7 Å². The van der Waals surface area contributed by atoms with Gasteiger partial charge in [-0.25, -0.2) is 4.98 Å². The molecule has 2 aromatic heterocycles. The van der Waals surface area contributed by atoms with Gasteiger partial charge in [-0.1, -0.05) is 30.0 Å². The molecular weight excluding hydrogens is 470 g/mol. The topological polar surface area (TPSA) is 82.4 Å². The van der Waals surface area contributed by atoms with Crippen LogP contribution >= 0.6 is 23.1 Å². The Morgan fingerprint density at radius 3 is 2.74 bits per heavy atom.